The molecule has 0 aromatic heterocycles. The summed E-state index contributed by atoms with van der Waals surface area (Å²) >= 11 is 9.55. The van der Waals surface area contributed by atoms with Gasteiger partial charge in [0, 0.05) is 26.3 Å². The van der Waals surface area contributed by atoms with Crippen molar-refractivity contribution in [3.63, 3.8) is 0 Å². The summed E-state index contributed by atoms with van der Waals surface area (Å²) in [5, 5.41) is 7.02. The van der Waals surface area contributed by atoms with Crippen LogP contribution in [0.3, 0.4) is 0 Å². The van der Waals surface area contributed by atoms with Crippen molar-refractivity contribution in [2.75, 3.05) is 5.32 Å². The maximum Gasteiger partial charge on any atom is 0.249 e. The first-order chi connectivity index (χ1) is 15.4. The van der Waals surface area contributed by atoms with Gasteiger partial charge in [-0.2, -0.15) is 5.10 Å². The molecule has 9 heteroatoms. The van der Waals surface area contributed by atoms with E-state index in [9.17, 15) is 14.0 Å². The summed E-state index contributed by atoms with van der Waals surface area (Å²) in [5.74, 6) is -1.03. The fourth-order valence-electron chi connectivity index (χ4n) is 2.62. The molecule has 3 aromatic rings. The van der Waals surface area contributed by atoms with Gasteiger partial charge in [-0.3, -0.25) is 9.59 Å². The van der Waals surface area contributed by atoms with Gasteiger partial charge in [-0.05, 0) is 48.5 Å². The molecule has 0 spiro atoms. The lowest BCUT2D eigenvalue weighted by Crippen LogP contribution is -2.24. The third-order valence-corrected chi connectivity index (χ3v) is 5.02. The number of amides is 2. The summed E-state index contributed by atoms with van der Waals surface area (Å²) in [4.78, 5) is 23.9. The standard InChI is InChI=1S/C23H18BrClFN3O3/c24-17-5-10-21(32-14-15-3-1-2-4-20(15)25)16(11-17)13-27-29-23(31)12-22(30)28-19-8-6-18(26)7-9-19/h1-11,13H,12,14H2,(H,28,30)(H,29,31). The molecular formula is C23H18BrClFN3O3. The Bertz CT molecular complexity index is 1140. The van der Waals surface area contributed by atoms with Crippen LogP contribution in [0.4, 0.5) is 10.1 Å². The molecule has 0 aliphatic carbocycles. The molecule has 6 nitrogen and oxygen atoms in total. The molecule has 0 saturated carbocycles. The van der Waals surface area contributed by atoms with E-state index in [1.807, 2.05) is 24.3 Å². The zero-order valence-electron chi connectivity index (χ0n) is 16.6. The van der Waals surface area contributed by atoms with Crippen LogP contribution in [0.1, 0.15) is 17.5 Å². The smallest absolute Gasteiger partial charge is 0.249 e. The Morgan fingerprint density at radius 2 is 1.81 bits per heavy atom. The molecule has 3 aromatic carbocycles. The van der Waals surface area contributed by atoms with Crippen LogP contribution >= 0.6 is 27.5 Å². The summed E-state index contributed by atoms with van der Waals surface area (Å²) in [6.07, 6.45) is 0.978. The number of hydrogen-bond acceptors (Lipinski definition) is 4. The van der Waals surface area contributed by atoms with Crippen LogP contribution in [0, 0.1) is 5.82 Å². The van der Waals surface area contributed by atoms with Crippen LogP contribution < -0.4 is 15.5 Å². The fourth-order valence-corrected chi connectivity index (χ4v) is 3.19. The monoisotopic (exact) mass is 517 g/mol. The van der Waals surface area contributed by atoms with Gasteiger partial charge in [0.2, 0.25) is 11.8 Å². The van der Waals surface area contributed by atoms with Crippen molar-refractivity contribution < 1.29 is 18.7 Å². The molecule has 2 amide bonds. The summed E-state index contributed by atoms with van der Waals surface area (Å²) in [6, 6.07) is 17.9. The molecule has 0 aliphatic rings. The van der Waals surface area contributed by atoms with Gasteiger partial charge in [-0.15, -0.1) is 0 Å². The first-order valence-corrected chi connectivity index (χ1v) is 10.6. The number of benzene rings is 3. The Morgan fingerprint density at radius 1 is 1.06 bits per heavy atom. The molecule has 0 unspecified atom stereocenters. The van der Waals surface area contributed by atoms with E-state index < -0.39 is 24.1 Å². The van der Waals surface area contributed by atoms with Crippen molar-refractivity contribution in [2.45, 2.75) is 13.0 Å². The Hall–Kier alpha value is -3.23. The number of halogens is 3. The summed E-state index contributed by atoms with van der Waals surface area (Å²) in [5.41, 5.74) is 4.14. The van der Waals surface area contributed by atoms with Crippen LogP contribution in [-0.2, 0) is 16.2 Å². The summed E-state index contributed by atoms with van der Waals surface area (Å²) < 4.78 is 19.6. The fraction of sp³-hybridized carbons (Fsp3) is 0.0870. The molecule has 0 bridgehead atoms. The number of hydrogen-bond donors (Lipinski definition) is 2. The Balaban J connectivity index is 1.56. The lowest BCUT2D eigenvalue weighted by Gasteiger charge is -2.10. The van der Waals surface area contributed by atoms with Gasteiger partial charge in [-0.1, -0.05) is 45.7 Å². The number of anilines is 1. The van der Waals surface area contributed by atoms with E-state index in [4.69, 9.17) is 16.3 Å². The van der Waals surface area contributed by atoms with Crippen LogP contribution in [0.15, 0.2) is 76.3 Å². The third kappa shape index (κ3) is 7.18. The van der Waals surface area contributed by atoms with Crippen LogP contribution in [0.2, 0.25) is 5.02 Å². The van der Waals surface area contributed by atoms with Gasteiger partial charge < -0.3 is 10.1 Å². The topological polar surface area (TPSA) is 79.8 Å². The molecule has 0 atom stereocenters. The summed E-state index contributed by atoms with van der Waals surface area (Å²) in [6.45, 7) is 0.262. The van der Waals surface area contributed by atoms with Crippen LogP contribution in [0.5, 0.6) is 5.75 Å². The van der Waals surface area contributed by atoms with E-state index in [1.165, 1.54) is 30.5 Å². The quantitative estimate of drug-likeness (QED) is 0.241. The van der Waals surface area contributed by atoms with Crippen molar-refractivity contribution >= 4 is 51.2 Å². The Labute approximate surface area is 197 Å². The highest BCUT2D eigenvalue weighted by Gasteiger charge is 2.10. The van der Waals surface area contributed by atoms with Crippen molar-refractivity contribution in [3.05, 3.63) is 93.2 Å². The normalized spacial score (nSPS) is 10.7. The van der Waals surface area contributed by atoms with E-state index in [2.05, 4.69) is 31.8 Å². The summed E-state index contributed by atoms with van der Waals surface area (Å²) in [7, 11) is 0. The number of hydrazone groups is 1. The zero-order chi connectivity index (χ0) is 22.9. The molecule has 2 N–H and O–H groups in total. The van der Waals surface area contributed by atoms with E-state index >= 15 is 0 Å². The lowest BCUT2D eigenvalue weighted by molar-refractivity contribution is -0.126. The van der Waals surface area contributed by atoms with Gasteiger partial charge >= 0.3 is 0 Å². The number of nitrogens with zero attached hydrogens (tertiary/aromatic N) is 1. The highest BCUT2D eigenvalue weighted by Crippen LogP contribution is 2.24. The van der Waals surface area contributed by atoms with Gasteiger partial charge in [0.1, 0.15) is 24.6 Å². The van der Waals surface area contributed by atoms with Gasteiger partial charge in [0.05, 0.1) is 6.21 Å². The average Bonchev–Trinajstić information content (AvgIpc) is 2.76. The molecule has 0 saturated heterocycles. The van der Waals surface area contributed by atoms with Crippen LogP contribution in [-0.4, -0.2) is 18.0 Å². The molecule has 0 fully saturated rings. The second kappa shape index (κ2) is 11.4. The second-order valence-corrected chi connectivity index (χ2v) is 7.91. The number of ether oxygens (including phenoxy) is 1. The molecule has 32 heavy (non-hydrogen) atoms. The van der Waals surface area contributed by atoms with Gasteiger partial charge in [0.15, 0.2) is 0 Å². The Morgan fingerprint density at radius 3 is 2.56 bits per heavy atom. The van der Waals surface area contributed by atoms with E-state index in [0.29, 0.717) is 22.0 Å². The van der Waals surface area contributed by atoms with Crippen molar-refractivity contribution in [1.82, 2.24) is 5.43 Å². The number of nitrogens with one attached hydrogen (secondary N) is 2. The van der Waals surface area contributed by atoms with Gasteiger partial charge in [0.25, 0.3) is 0 Å². The highest BCUT2D eigenvalue weighted by atomic mass is 79.9. The number of rotatable bonds is 8. The van der Waals surface area contributed by atoms with Crippen molar-refractivity contribution in [2.24, 2.45) is 5.10 Å². The van der Waals surface area contributed by atoms with Crippen LogP contribution in [0.25, 0.3) is 0 Å². The predicted octanol–water partition coefficient (Wildman–Crippen LogP) is 5.30. The third-order valence-electron chi connectivity index (χ3n) is 4.15. The zero-order valence-corrected chi connectivity index (χ0v) is 19.0. The minimum atomic E-state index is -0.602. The van der Waals surface area contributed by atoms with Crippen molar-refractivity contribution in [3.8, 4) is 5.75 Å². The maximum absolute atomic E-state index is 12.9. The molecular weight excluding hydrogens is 501 g/mol. The Kier molecular flexibility index (Phi) is 8.35. The molecule has 0 heterocycles. The number of carbonyl (C=O) groups excluding carboxylic acids is 2. The maximum atomic E-state index is 12.9. The first kappa shape index (κ1) is 23.4. The largest absolute Gasteiger partial charge is 0.488 e. The minimum absolute atomic E-state index is 0.262. The van der Waals surface area contributed by atoms with E-state index in [1.54, 1.807) is 18.2 Å². The average molecular weight is 519 g/mol. The molecule has 3 rings (SSSR count). The second-order valence-electron chi connectivity index (χ2n) is 6.59. The van der Waals surface area contributed by atoms with E-state index in [-0.39, 0.29) is 6.61 Å². The van der Waals surface area contributed by atoms with E-state index in [0.717, 1.165) is 10.0 Å². The molecule has 164 valence electrons. The predicted molar refractivity (Wildman–Crippen MR) is 125 cm³/mol. The lowest BCUT2D eigenvalue weighted by atomic mass is 10.2. The SMILES string of the molecule is O=C(CC(=O)Nc1ccc(F)cc1)NN=Cc1cc(Br)ccc1OCc1ccccc1Cl. The molecule has 0 radical (unpaired) electrons. The first-order valence-electron chi connectivity index (χ1n) is 9.44. The van der Waals surface area contributed by atoms with Gasteiger partial charge in [-0.25, -0.2) is 9.82 Å². The molecule has 0 aliphatic heterocycles. The highest BCUT2D eigenvalue weighted by molar-refractivity contribution is 9.10. The number of carbonyl (C=O) groups is 2. The van der Waals surface area contributed by atoms with Crippen molar-refractivity contribution in [1.29, 1.82) is 0 Å². The minimum Gasteiger partial charge on any atom is -0.488 e.